The summed E-state index contributed by atoms with van der Waals surface area (Å²) in [6, 6.07) is 7.04. The molecule has 0 saturated carbocycles. The number of benzene rings is 1. The summed E-state index contributed by atoms with van der Waals surface area (Å²) in [6.07, 6.45) is 0.839. The van der Waals surface area contributed by atoms with E-state index in [4.69, 9.17) is 5.73 Å². The van der Waals surface area contributed by atoms with Gasteiger partial charge in [-0.25, -0.2) is 4.98 Å². The third kappa shape index (κ3) is 2.30. The molecule has 1 aliphatic heterocycles. The lowest BCUT2D eigenvalue weighted by Crippen LogP contribution is -2.26. The van der Waals surface area contributed by atoms with Gasteiger partial charge in [-0.15, -0.1) is 0 Å². The highest BCUT2D eigenvalue weighted by atomic mass is 16.3. The second-order valence-corrected chi connectivity index (χ2v) is 4.42. The fourth-order valence-electron chi connectivity index (χ4n) is 2.19. The number of nitrogens with two attached hydrogens (primary N) is 1. The number of phenolic OH excluding ortho intramolecular Hbond substituents is 1. The Labute approximate surface area is 110 Å². The third-order valence-corrected chi connectivity index (χ3v) is 3.11. The lowest BCUT2D eigenvalue weighted by Gasteiger charge is -2.20. The Morgan fingerprint density at radius 1 is 1.26 bits per heavy atom. The standard InChI is InChI=1S/C13H15N5O/c14-13-17-10-7-15-6-5-8(10)12(18-13)16-9-3-1-2-4-11(9)19/h1-4,15,19H,5-7H2,(H3,14,16,17,18). The molecule has 6 heteroatoms. The number of anilines is 3. The molecule has 0 bridgehead atoms. The summed E-state index contributed by atoms with van der Waals surface area (Å²) < 4.78 is 0. The van der Waals surface area contributed by atoms with Gasteiger partial charge in [-0.2, -0.15) is 4.98 Å². The second kappa shape index (κ2) is 4.74. The number of aromatic hydroxyl groups is 1. The maximum absolute atomic E-state index is 9.80. The average molecular weight is 257 g/mol. The molecule has 1 aliphatic rings. The van der Waals surface area contributed by atoms with Crippen LogP contribution in [0.25, 0.3) is 0 Å². The van der Waals surface area contributed by atoms with E-state index in [2.05, 4.69) is 20.6 Å². The van der Waals surface area contributed by atoms with Gasteiger partial charge in [0.05, 0.1) is 11.4 Å². The maximum atomic E-state index is 9.80. The van der Waals surface area contributed by atoms with Crippen LogP contribution < -0.4 is 16.4 Å². The Hall–Kier alpha value is -2.34. The van der Waals surface area contributed by atoms with Crippen molar-refractivity contribution in [2.24, 2.45) is 0 Å². The Bertz CT molecular complexity index is 614. The first-order chi connectivity index (χ1) is 9.24. The molecule has 5 N–H and O–H groups in total. The van der Waals surface area contributed by atoms with Crippen LogP contribution in [0.3, 0.4) is 0 Å². The van der Waals surface area contributed by atoms with Crippen molar-refractivity contribution < 1.29 is 5.11 Å². The predicted molar refractivity (Wildman–Crippen MR) is 73.2 cm³/mol. The summed E-state index contributed by atoms with van der Waals surface area (Å²) in [5.41, 5.74) is 8.30. The maximum Gasteiger partial charge on any atom is 0.222 e. The zero-order valence-electron chi connectivity index (χ0n) is 10.3. The normalized spacial score (nSPS) is 13.9. The van der Waals surface area contributed by atoms with Gasteiger partial charge in [0, 0.05) is 12.1 Å². The number of fused-ring (bicyclic) bond motifs is 1. The van der Waals surface area contributed by atoms with Gasteiger partial charge in [-0.3, -0.25) is 0 Å². The Kier molecular flexibility index (Phi) is 2.92. The summed E-state index contributed by atoms with van der Waals surface area (Å²) in [6.45, 7) is 1.58. The number of phenols is 1. The van der Waals surface area contributed by atoms with Crippen molar-refractivity contribution in [3.05, 3.63) is 35.5 Å². The highest BCUT2D eigenvalue weighted by molar-refractivity contribution is 5.66. The van der Waals surface area contributed by atoms with Crippen LogP contribution in [-0.4, -0.2) is 21.6 Å². The van der Waals surface area contributed by atoms with E-state index < -0.39 is 0 Å². The monoisotopic (exact) mass is 257 g/mol. The van der Waals surface area contributed by atoms with Crippen LogP contribution in [0.5, 0.6) is 5.75 Å². The smallest absolute Gasteiger partial charge is 0.222 e. The zero-order valence-corrected chi connectivity index (χ0v) is 10.3. The number of rotatable bonds is 2. The van der Waals surface area contributed by atoms with Crippen LogP contribution in [0, 0.1) is 0 Å². The molecule has 2 heterocycles. The summed E-state index contributed by atoms with van der Waals surface area (Å²) >= 11 is 0. The molecule has 0 unspecified atom stereocenters. The number of para-hydroxylation sites is 2. The van der Waals surface area contributed by atoms with Gasteiger partial charge in [0.25, 0.3) is 0 Å². The SMILES string of the molecule is Nc1nc2c(c(Nc3ccccc3O)n1)CCNC2. The molecule has 1 aromatic carbocycles. The number of nitrogens with zero attached hydrogens (tertiary/aromatic N) is 2. The minimum absolute atomic E-state index is 0.183. The third-order valence-electron chi connectivity index (χ3n) is 3.11. The number of nitrogen functional groups attached to an aromatic ring is 1. The van der Waals surface area contributed by atoms with Crippen molar-refractivity contribution in [2.45, 2.75) is 13.0 Å². The Morgan fingerprint density at radius 3 is 2.95 bits per heavy atom. The molecule has 0 amide bonds. The van der Waals surface area contributed by atoms with Crippen LogP contribution in [0.1, 0.15) is 11.3 Å². The molecular formula is C13H15N5O. The van der Waals surface area contributed by atoms with Crippen molar-refractivity contribution in [2.75, 3.05) is 17.6 Å². The van der Waals surface area contributed by atoms with E-state index in [0.29, 0.717) is 18.1 Å². The second-order valence-electron chi connectivity index (χ2n) is 4.42. The molecule has 0 saturated heterocycles. The summed E-state index contributed by atoms with van der Waals surface area (Å²) in [7, 11) is 0. The fourth-order valence-corrected chi connectivity index (χ4v) is 2.19. The van der Waals surface area contributed by atoms with Gasteiger partial charge in [0.1, 0.15) is 11.6 Å². The molecule has 0 atom stereocenters. The lowest BCUT2D eigenvalue weighted by molar-refractivity contribution is 0.477. The molecule has 6 nitrogen and oxygen atoms in total. The molecule has 0 spiro atoms. The summed E-state index contributed by atoms with van der Waals surface area (Å²) in [4.78, 5) is 8.48. The number of hydrogen-bond acceptors (Lipinski definition) is 6. The van der Waals surface area contributed by atoms with E-state index in [0.717, 1.165) is 24.2 Å². The van der Waals surface area contributed by atoms with Gasteiger partial charge in [0.2, 0.25) is 5.95 Å². The number of nitrogens with one attached hydrogen (secondary N) is 2. The van der Waals surface area contributed by atoms with E-state index in [1.54, 1.807) is 18.2 Å². The average Bonchev–Trinajstić information content (AvgIpc) is 2.41. The predicted octanol–water partition coefficient (Wildman–Crippen LogP) is 1.15. The molecule has 19 heavy (non-hydrogen) atoms. The van der Waals surface area contributed by atoms with Gasteiger partial charge < -0.3 is 21.5 Å². The molecular weight excluding hydrogens is 242 g/mol. The van der Waals surface area contributed by atoms with E-state index in [1.165, 1.54) is 0 Å². The topological polar surface area (TPSA) is 96.1 Å². The van der Waals surface area contributed by atoms with Crippen molar-refractivity contribution in [3.8, 4) is 5.75 Å². The Morgan fingerprint density at radius 2 is 2.11 bits per heavy atom. The van der Waals surface area contributed by atoms with Crippen LogP contribution in [0.15, 0.2) is 24.3 Å². The van der Waals surface area contributed by atoms with Crippen LogP contribution >= 0.6 is 0 Å². The van der Waals surface area contributed by atoms with Crippen molar-refractivity contribution in [1.82, 2.24) is 15.3 Å². The minimum Gasteiger partial charge on any atom is -0.506 e. The van der Waals surface area contributed by atoms with Crippen molar-refractivity contribution in [3.63, 3.8) is 0 Å². The molecule has 1 aromatic heterocycles. The molecule has 0 aliphatic carbocycles. The minimum atomic E-state index is 0.183. The Balaban J connectivity index is 2.01. The summed E-state index contributed by atoms with van der Waals surface area (Å²) in [5.74, 6) is 1.09. The van der Waals surface area contributed by atoms with Crippen LogP contribution in [0.4, 0.5) is 17.5 Å². The molecule has 0 fully saturated rings. The molecule has 2 aromatic rings. The first-order valence-electron chi connectivity index (χ1n) is 6.15. The highest BCUT2D eigenvalue weighted by Gasteiger charge is 2.17. The van der Waals surface area contributed by atoms with E-state index in [9.17, 15) is 5.11 Å². The fraction of sp³-hybridized carbons (Fsp3) is 0.231. The number of hydrogen-bond donors (Lipinski definition) is 4. The highest BCUT2D eigenvalue weighted by Crippen LogP contribution is 2.29. The lowest BCUT2D eigenvalue weighted by atomic mass is 10.1. The molecule has 3 rings (SSSR count). The van der Waals surface area contributed by atoms with Gasteiger partial charge in [0.15, 0.2) is 0 Å². The van der Waals surface area contributed by atoms with Gasteiger partial charge in [-0.05, 0) is 25.1 Å². The van der Waals surface area contributed by atoms with Crippen LogP contribution in [0.2, 0.25) is 0 Å². The van der Waals surface area contributed by atoms with Crippen molar-refractivity contribution in [1.29, 1.82) is 0 Å². The first-order valence-corrected chi connectivity index (χ1v) is 6.15. The zero-order chi connectivity index (χ0) is 13.2. The van der Waals surface area contributed by atoms with Crippen LogP contribution in [-0.2, 0) is 13.0 Å². The number of aromatic nitrogens is 2. The summed E-state index contributed by atoms with van der Waals surface area (Å²) in [5, 5.41) is 16.2. The van der Waals surface area contributed by atoms with Gasteiger partial charge >= 0.3 is 0 Å². The molecule has 98 valence electrons. The van der Waals surface area contributed by atoms with E-state index >= 15 is 0 Å². The quantitative estimate of drug-likeness (QED) is 0.603. The van der Waals surface area contributed by atoms with E-state index in [-0.39, 0.29) is 11.7 Å². The largest absolute Gasteiger partial charge is 0.506 e. The molecule has 0 radical (unpaired) electrons. The van der Waals surface area contributed by atoms with Crippen molar-refractivity contribution >= 4 is 17.5 Å². The van der Waals surface area contributed by atoms with E-state index in [1.807, 2.05) is 6.07 Å². The first kappa shape index (κ1) is 11.7. The van der Waals surface area contributed by atoms with Gasteiger partial charge in [-0.1, -0.05) is 12.1 Å².